The van der Waals surface area contributed by atoms with Gasteiger partial charge in [0.05, 0.1) is 24.0 Å². The Labute approximate surface area is 191 Å². The number of aliphatic hydroxyl groups is 1. The number of rotatable bonds is 6. The second-order valence-corrected chi connectivity index (χ2v) is 8.31. The summed E-state index contributed by atoms with van der Waals surface area (Å²) in [4.78, 5) is 9.14. The molecular weight excluding hydrogens is 424 g/mol. The van der Waals surface area contributed by atoms with Crippen LogP contribution in [0.3, 0.4) is 0 Å². The van der Waals surface area contributed by atoms with E-state index >= 15 is 0 Å². The maximum absolute atomic E-state index is 9.14. The Morgan fingerprint density at radius 1 is 0.969 bits per heavy atom. The van der Waals surface area contributed by atoms with Crippen molar-refractivity contribution in [3.63, 3.8) is 0 Å². The minimum Gasteiger partial charge on any atom is -0.395 e. The van der Waals surface area contributed by atoms with Crippen molar-refractivity contribution in [2.75, 3.05) is 49.5 Å². The van der Waals surface area contributed by atoms with E-state index in [0.717, 1.165) is 55.2 Å². The van der Waals surface area contributed by atoms with Crippen LogP contribution < -0.4 is 10.2 Å². The minimum atomic E-state index is 0.212. The third-order valence-corrected chi connectivity index (χ3v) is 6.01. The zero-order valence-electron chi connectivity index (χ0n) is 17.7. The van der Waals surface area contributed by atoms with E-state index in [1.807, 2.05) is 59.2 Å². The SMILES string of the molecule is OCCN1CCN(c2cccc(Nc3ncc4ccc(-c5cccc(Cl)c5)n4n3)c2)CC1. The maximum atomic E-state index is 9.14. The van der Waals surface area contributed by atoms with Crippen LogP contribution in [-0.2, 0) is 0 Å². The first-order valence-corrected chi connectivity index (χ1v) is 11.1. The number of benzene rings is 2. The van der Waals surface area contributed by atoms with Gasteiger partial charge in [0.2, 0.25) is 5.95 Å². The first kappa shape index (κ1) is 20.8. The van der Waals surface area contributed by atoms with E-state index in [4.69, 9.17) is 21.8 Å². The van der Waals surface area contributed by atoms with Crippen molar-refractivity contribution in [3.8, 4) is 11.3 Å². The molecule has 0 radical (unpaired) electrons. The quantitative estimate of drug-likeness (QED) is 0.466. The smallest absolute Gasteiger partial charge is 0.245 e. The number of hydrogen-bond donors (Lipinski definition) is 2. The molecule has 32 heavy (non-hydrogen) atoms. The summed E-state index contributed by atoms with van der Waals surface area (Å²) in [5.74, 6) is 0.530. The van der Waals surface area contributed by atoms with E-state index in [9.17, 15) is 0 Å². The van der Waals surface area contributed by atoms with Crippen molar-refractivity contribution in [2.24, 2.45) is 0 Å². The van der Waals surface area contributed by atoms with E-state index in [0.29, 0.717) is 11.0 Å². The van der Waals surface area contributed by atoms with Gasteiger partial charge in [-0.2, -0.15) is 0 Å². The topological polar surface area (TPSA) is 68.9 Å². The van der Waals surface area contributed by atoms with E-state index in [1.165, 1.54) is 5.69 Å². The van der Waals surface area contributed by atoms with Gasteiger partial charge in [-0.25, -0.2) is 9.50 Å². The van der Waals surface area contributed by atoms with Gasteiger partial charge in [-0.3, -0.25) is 4.90 Å². The van der Waals surface area contributed by atoms with Crippen molar-refractivity contribution in [1.29, 1.82) is 0 Å². The molecule has 4 aromatic rings. The Morgan fingerprint density at radius 3 is 2.62 bits per heavy atom. The molecule has 1 aliphatic heterocycles. The van der Waals surface area contributed by atoms with Crippen LogP contribution in [0.5, 0.6) is 0 Å². The lowest BCUT2D eigenvalue weighted by Gasteiger charge is -2.35. The van der Waals surface area contributed by atoms with Gasteiger partial charge >= 0.3 is 0 Å². The normalized spacial score (nSPS) is 14.8. The van der Waals surface area contributed by atoms with E-state index in [2.05, 4.69) is 32.2 Å². The van der Waals surface area contributed by atoms with Gasteiger partial charge in [0.1, 0.15) is 0 Å². The third kappa shape index (κ3) is 4.41. The van der Waals surface area contributed by atoms with Crippen LogP contribution in [0.2, 0.25) is 5.02 Å². The van der Waals surface area contributed by atoms with Crippen LogP contribution >= 0.6 is 11.6 Å². The van der Waals surface area contributed by atoms with Crippen molar-refractivity contribution in [2.45, 2.75) is 0 Å². The summed E-state index contributed by atoms with van der Waals surface area (Å²) in [5.41, 5.74) is 4.99. The van der Waals surface area contributed by atoms with Crippen molar-refractivity contribution in [3.05, 3.63) is 71.9 Å². The summed E-state index contributed by atoms with van der Waals surface area (Å²) in [6.07, 6.45) is 1.81. The summed E-state index contributed by atoms with van der Waals surface area (Å²) >= 11 is 6.18. The zero-order chi connectivity index (χ0) is 21.9. The Morgan fingerprint density at radius 2 is 1.81 bits per heavy atom. The number of anilines is 3. The average molecular weight is 449 g/mol. The Kier molecular flexibility index (Phi) is 5.94. The lowest BCUT2D eigenvalue weighted by Crippen LogP contribution is -2.47. The van der Waals surface area contributed by atoms with E-state index in [1.54, 1.807) is 0 Å². The highest BCUT2D eigenvalue weighted by molar-refractivity contribution is 6.30. The highest BCUT2D eigenvalue weighted by Crippen LogP contribution is 2.26. The molecule has 1 fully saturated rings. The fourth-order valence-corrected chi connectivity index (χ4v) is 4.30. The lowest BCUT2D eigenvalue weighted by atomic mass is 10.2. The van der Waals surface area contributed by atoms with E-state index in [-0.39, 0.29) is 6.61 Å². The first-order valence-electron chi connectivity index (χ1n) is 10.8. The Hall–Kier alpha value is -3.13. The summed E-state index contributed by atoms with van der Waals surface area (Å²) in [6, 6.07) is 20.1. The number of nitrogens with zero attached hydrogens (tertiary/aromatic N) is 5. The molecule has 2 aromatic heterocycles. The molecule has 8 heteroatoms. The van der Waals surface area contributed by atoms with Crippen molar-refractivity contribution >= 4 is 34.4 Å². The van der Waals surface area contributed by atoms with Gasteiger partial charge in [0.25, 0.3) is 0 Å². The molecule has 164 valence electrons. The summed E-state index contributed by atoms with van der Waals surface area (Å²) < 4.78 is 1.88. The molecule has 0 atom stereocenters. The predicted molar refractivity (Wildman–Crippen MR) is 129 cm³/mol. The van der Waals surface area contributed by atoms with Crippen LogP contribution in [0.15, 0.2) is 66.9 Å². The lowest BCUT2D eigenvalue weighted by molar-refractivity contribution is 0.189. The zero-order valence-corrected chi connectivity index (χ0v) is 18.4. The number of β-amino-alcohol motifs (C(OH)–C–C–N with tert-alkyl or cyclic N) is 1. The molecule has 3 heterocycles. The standard InChI is InChI=1S/C24H25ClN6O/c25-19-4-1-3-18(15-19)23-8-7-22-17-26-24(28-31(22)23)27-20-5-2-6-21(16-20)30-11-9-29(10-12-30)13-14-32/h1-8,15-17,32H,9-14H2,(H,27,28). The number of aromatic nitrogens is 3. The number of fused-ring (bicyclic) bond motifs is 1. The first-order chi connectivity index (χ1) is 15.7. The van der Waals surface area contributed by atoms with Gasteiger partial charge in [-0.1, -0.05) is 29.8 Å². The van der Waals surface area contributed by atoms with Crippen LogP contribution in [0.1, 0.15) is 0 Å². The molecule has 0 amide bonds. The van der Waals surface area contributed by atoms with E-state index < -0.39 is 0 Å². The van der Waals surface area contributed by atoms with Crippen LogP contribution in [0.25, 0.3) is 16.8 Å². The van der Waals surface area contributed by atoms with Crippen LogP contribution in [0.4, 0.5) is 17.3 Å². The Bertz CT molecular complexity index is 1220. The molecule has 0 bridgehead atoms. The summed E-state index contributed by atoms with van der Waals surface area (Å²) in [5, 5.41) is 17.9. The summed E-state index contributed by atoms with van der Waals surface area (Å²) in [7, 11) is 0. The maximum Gasteiger partial charge on any atom is 0.245 e. The number of piperazine rings is 1. The third-order valence-electron chi connectivity index (χ3n) is 5.77. The molecule has 1 saturated heterocycles. The van der Waals surface area contributed by atoms with Crippen molar-refractivity contribution in [1.82, 2.24) is 19.5 Å². The van der Waals surface area contributed by atoms with Crippen LogP contribution in [0, 0.1) is 0 Å². The number of aliphatic hydroxyl groups excluding tert-OH is 1. The molecule has 0 saturated carbocycles. The number of hydrogen-bond acceptors (Lipinski definition) is 6. The molecule has 2 aromatic carbocycles. The Balaban J connectivity index is 1.36. The van der Waals surface area contributed by atoms with Gasteiger partial charge in [-0.05, 0) is 42.5 Å². The van der Waals surface area contributed by atoms with Crippen molar-refractivity contribution < 1.29 is 5.11 Å². The second-order valence-electron chi connectivity index (χ2n) is 7.88. The van der Waals surface area contributed by atoms with Gasteiger partial charge in [-0.15, -0.1) is 5.10 Å². The van der Waals surface area contributed by atoms with Crippen LogP contribution in [-0.4, -0.2) is 63.9 Å². The highest BCUT2D eigenvalue weighted by Gasteiger charge is 2.17. The van der Waals surface area contributed by atoms with Gasteiger partial charge < -0.3 is 15.3 Å². The molecule has 2 N–H and O–H groups in total. The molecule has 0 spiro atoms. The van der Waals surface area contributed by atoms with Gasteiger partial charge in [0.15, 0.2) is 0 Å². The highest BCUT2D eigenvalue weighted by atomic mass is 35.5. The minimum absolute atomic E-state index is 0.212. The number of halogens is 1. The fraction of sp³-hybridized carbons (Fsp3) is 0.250. The molecule has 5 rings (SSSR count). The second kappa shape index (κ2) is 9.16. The summed E-state index contributed by atoms with van der Waals surface area (Å²) in [6.45, 7) is 4.75. The average Bonchev–Trinajstić information content (AvgIpc) is 3.23. The largest absolute Gasteiger partial charge is 0.395 e. The molecule has 0 aliphatic carbocycles. The fourth-order valence-electron chi connectivity index (χ4n) is 4.11. The molecule has 0 unspecified atom stereocenters. The monoisotopic (exact) mass is 448 g/mol. The van der Waals surface area contributed by atoms with Gasteiger partial charge in [0, 0.05) is 54.7 Å². The molecular formula is C24H25ClN6O. The molecule has 1 aliphatic rings. The predicted octanol–water partition coefficient (Wildman–Crippen LogP) is 3.91. The number of nitrogens with one attached hydrogen (secondary N) is 1. The molecule has 7 nitrogen and oxygen atoms in total.